The molecule has 21 heavy (non-hydrogen) atoms. The third-order valence-electron chi connectivity index (χ3n) is 4.83. The third-order valence-corrected chi connectivity index (χ3v) is 5.45. The standard InChI is InChI=1S/C18H28BrNO/c1-12-11-18(3,4)9-8-16(12)20-13(2)14-6-7-17(21-5)15(19)10-14/h6-7,10,12-13,16,20H,8-9,11H2,1-5H3. The van der Waals surface area contributed by atoms with Gasteiger partial charge in [-0.3, -0.25) is 0 Å². The molecule has 1 aromatic rings. The van der Waals surface area contributed by atoms with Crippen molar-refractivity contribution in [2.45, 2.75) is 59.0 Å². The summed E-state index contributed by atoms with van der Waals surface area (Å²) in [6.45, 7) is 9.42. The number of benzene rings is 1. The van der Waals surface area contributed by atoms with Crippen molar-refractivity contribution in [1.29, 1.82) is 0 Å². The molecule has 118 valence electrons. The molecular formula is C18H28BrNO. The molecule has 1 saturated carbocycles. The van der Waals surface area contributed by atoms with E-state index in [1.54, 1.807) is 7.11 Å². The fraction of sp³-hybridized carbons (Fsp3) is 0.667. The molecule has 3 atom stereocenters. The summed E-state index contributed by atoms with van der Waals surface area (Å²) in [5.41, 5.74) is 1.81. The Balaban J connectivity index is 2.01. The number of hydrogen-bond donors (Lipinski definition) is 1. The average Bonchev–Trinajstić information content (AvgIpc) is 2.41. The zero-order valence-electron chi connectivity index (χ0n) is 13.9. The Hall–Kier alpha value is -0.540. The largest absolute Gasteiger partial charge is 0.496 e. The van der Waals surface area contributed by atoms with Crippen molar-refractivity contribution in [3.05, 3.63) is 28.2 Å². The van der Waals surface area contributed by atoms with E-state index in [-0.39, 0.29) is 0 Å². The van der Waals surface area contributed by atoms with Gasteiger partial charge in [-0.2, -0.15) is 0 Å². The van der Waals surface area contributed by atoms with Crippen LogP contribution in [0.15, 0.2) is 22.7 Å². The highest BCUT2D eigenvalue weighted by Crippen LogP contribution is 2.39. The molecule has 1 fully saturated rings. The Morgan fingerprint density at radius 1 is 1.38 bits per heavy atom. The summed E-state index contributed by atoms with van der Waals surface area (Å²) in [5, 5.41) is 3.83. The first-order chi connectivity index (χ1) is 9.82. The van der Waals surface area contributed by atoms with Crippen LogP contribution in [0.5, 0.6) is 5.75 Å². The monoisotopic (exact) mass is 353 g/mol. The second kappa shape index (κ2) is 6.70. The molecular weight excluding hydrogens is 326 g/mol. The molecule has 2 nitrogen and oxygen atoms in total. The maximum atomic E-state index is 5.30. The predicted octanol–water partition coefficient (Wildman–Crippen LogP) is 5.32. The molecule has 2 rings (SSSR count). The highest BCUT2D eigenvalue weighted by Gasteiger charge is 2.32. The lowest BCUT2D eigenvalue weighted by Gasteiger charge is -2.40. The summed E-state index contributed by atoms with van der Waals surface area (Å²) in [4.78, 5) is 0. The lowest BCUT2D eigenvalue weighted by molar-refractivity contribution is 0.143. The zero-order valence-corrected chi connectivity index (χ0v) is 15.5. The van der Waals surface area contributed by atoms with Crippen molar-refractivity contribution in [3.63, 3.8) is 0 Å². The first kappa shape index (κ1) is 16.8. The summed E-state index contributed by atoms with van der Waals surface area (Å²) in [5.74, 6) is 1.62. The summed E-state index contributed by atoms with van der Waals surface area (Å²) in [7, 11) is 1.70. The van der Waals surface area contributed by atoms with E-state index in [0.717, 1.165) is 16.1 Å². The molecule has 1 N–H and O–H groups in total. The van der Waals surface area contributed by atoms with Crippen LogP contribution in [0.4, 0.5) is 0 Å². The van der Waals surface area contributed by atoms with Gasteiger partial charge in [0.15, 0.2) is 0 Å². The molecule has 0 saturated heterocycles. The van der Waals surface area contributed by atoms with Crippen LogP contribution in [0, 0.1) is 11.3 Å². The van der Waals surface area contributed by atoms with Gasteiger partial charge in [-0.1, -0.05) is 26.8 Å². The number of rotatable bonds is 4. The quantitative estimate of drug-likeness (QED) is 0.790. The summed E-state index contributed by atoms with van der Waals surface area (Å²) >= 11 is 3.57. The Morgan fingerprint density at radius 3 is 2.67 bits per heavy atom. The summed E-state index contributed by atoms with van der Waals surface area (Å²) < 4.78 is 6.32. The van der Waals surface area contributed by atoms with E-state index >= 15 is 0 Å². The molecule has 1 aliphatic carbocycles. The van der Waals surface area contributed by atoms with E-state index in [4.69, 9.17) is 4.74 Å². The van der Waals surface area contributed by atoms with Gasteiger partial charge in [0.1, 0.15) is 5.75 Å². The number of hydrogen-bond acceptors (Lipinski definition) is 2. The molecule has 0 aliphatic heterocycles. The average molecular weight is 354 g/mol. The van der Waals surface area contributed by atoms with E-state index in [0.29, 0.717) is 17.5 Å². The van der Waals surface area contributed by atoms with Crippen molar-refractivity contribution in [1.82, 2.24) is 5.32 Å². The smallest absolute Gasteiger partial charge is 0.133 e. The fourth-order valence-corrected chi connectivity index (χ4v) is 4.12. The normalized spacial score (nSPS) is 26.4. The third kappa shape index (κ3) is 4.23. The van der Waals surface area contributed by atoms with Gasteiger partial charge in [0.25, 0.3) is 0 Å². The van der Waals surface area contributed by atoms with Crippen molar-refractivity contribution in [2.24, 2.45) is 11.3 Å². The van der Waals surface area contributed by atoms with Gasteiger partial charge in [-0.05, 0) is 71.1 Å². The fourth-order valence-electron chi connectivity index (χ4n) is 3.56. The van der Waals surface area contributed by atoms with Crippen molar-refractivity contribution < 1.29 is 4.74 Å². The number of nitrogens with one attached hydrogen (secondary N) is 1. The molecule has 0 heterocycles. The highest BCUT2D eigenvalue weighted by molar-refractivity contribution is 9.10. The molecule has 0 amide bonds. The van der Waals surface area contributed by atoms with Crippen LogP contribution < -0.4 is 10.1 Å². The van der Waals surface area contributed by atoms with Gasteiger partial charge in [0, 0.05) is 12.1 Å². The van der Waals surface area contributed by atoms with Gasteiger partial charge in [-0.25, -0.2) is 0 Å². The van der Waals surface area contributed by atoms with Crippen LogP contribution in [0.1, 0.15) is 58.6 Å². The number of methoxy groups -OCH3 is 1. The first-order valence-electron chi connectivity index (χ1n) is 7.92. The second-order valence-corrected chi connectivity index (χ2v) is 8.13. The topological polar surface area (TPSA) is 21.3 Å². The molecule has 3 unspecified atom stereocenters. The molecule has 0 radical (unpaired) electrons. The van der Waals surface area contributed by atoms with E-state index in [9.17, 15) is 0 Å². The molecule has 1 aliphatic rings. The number of halogens is 1. The Bertz CT molecular complexity index is 486. The van der Waals surface area contributed by atoms with Gasteiger partial charge in [0.2, 0.25) is 0 Å². The minimum Gasteiger partial charge on any atom is -0.496 e. The molecule has 1 aromatic carbocycles. The molecule has 3 heteroatoms. The van der Waals surface area contributed by atoms with Crippen LogP contribution in [0.25, 0.3) is 0 Å². The molecule has 0 spiro atoms. The van der Waals surface area contributed by atoms with Crippen LogP contribution in [0.2, 0.25) is 0 Å². The summed E-state index contributed by atoms with van der Waals surface area (Å²) in [6.07, 6.45) is 3.90. The Morgan fingerprint density at radius 2 is 2.10 bits per heavy atom. The van der Waals surface area contributed by atoms with Gasteiger partial charge >= 0.3 is 0 Å². The lowest BCUT2D eigenvalue weighted by Crippen LogP contribution is -2.42. The van der Waals surface area contributed by atoms with E-state index in [2.05, 4.69) is 61.1 Å². The predicted molar refractivity (Wildman–Crippen MR) is 92.8 cm³/mol. The first-order valence-corrected chi connectivity index (χ1v) is 8.71. The maximum Gasteiger partial charge on any atom is 0.133 e. The molecule has 0 aromatic heterocycles. The van der Waals surface area contributed by atoms with Crippen molar-refractivity contribution >= 4 is 15.9 Å². The second-order valence-electron chi connectivity index (χ2n) is 7.27. The van der Waals surface area contributed by atoms with E-state index in [1.807, 2.05) is 6.07 Å². The zero-order chi connectivity index (χ0) is 15.6. The number of ether oxygens (including phenoxy) is 1. The van der Waals surface area contributed by atoms with E-state index < -0.39 is 0 Å². The van der Waals surface area contributed by atoms with Gasteiger partial charge in [-0.15, -0.1) is 0 Å². The van der Waals surface area contributed by atoms with Gasteiger partial charge in [0.05, 0.1) is 11.6 Å². The van der Waals surface area contributed by atoms with Crippen LogP contribution in [0.3, 0.4) is 0 Å². The lowest BCUT2D eigenvalue weighted by atomic mass is 9.70. The minimum absolute atomic E-state index is 0.362. The molecule has 0 bridgehead atoms. The van der Waals surface area contributed by atoms with Crippen molar-refractivity contribution in [3.8, 4) is 5.75 Å². The van der Waals surface area contributed by atoms with Crippen LogP contribution in [-0.2, 0) is 0 Å². The maximum absolute atomic E-state index is 5.30. The van der Waals surface area contributed by atoms with E-state index in [1.165, 1.54) is 24.8 Å². The minimum atomic E-state index is 0.362. The van der Waals surface area contributed by atoms with Crippen molar-refractivity contribution in [2.75, 3.05) is 7.11 Å². The highest BCUT2D eigenvalue weighted by atomic mass is 79.9. The summed E-state index contributed by atoms with van der Waals surface area (Å²) in [6, 6.07) is 7.33. The van der Waals surface area contributed by atoms with Gasteiger partial charge < -0.3 is 10.1 Å². The van der Waals surface area contributed by atoms with Crippen LogP contribution >= 0.6 is 15.9 Å². The van der Waals surface area contributed by atoms with Crippen LogP contribution in [-0.4, -0.2) is 13.2 Å². The Labute approximate surface area is 137 Å². The Kier molecular flexibility index (Phi) is 5.37. The SMILES string of the molecule is COc1ccc(C(C)NC2CCC(C)(C)CC2C)cc1Br.